The van der Waals surface area contributed by atoms with Crippen LogP contribution in [0.5, 0.6) is 0 Å². The van der Waals surface area contributed by atoms with Gasteiger partial charge in [0.05, 0.1) is 11.7 Å². The molecule has 1 aliphatic heterocycles. The third-order valence-electron chi connectivity index (χ3n) is 1.86. The lowest BCUT2D eigenvalue weighted by atomic mass is 10.2. The predicted molar refractivity (Wildman–Crippen MR) is 45.7 cm³/mol. The Balaban J connectivity index is 2.04. The summed E-state index contributed by atoms with van der Waals surface area (Å²) in [6, 6.07) is 2.50. The highest BCUT2D eigenvalue weighted by molar-refractivity contribution is 7.03. The van der Waals surface area contributed by atoms with Crippen LogP contribution in [0, 0.1) is 0 Å². The maximum absolute atomic E-state index is 4.28. The molecule has 0 aromatic carbocycles. The van der Waals surface area contributed by atoms with Crippen LogP contribution in [-0.4, -0.2) is 24.0 Å². The van der Waals surface area contributed by atoms with Gasteiger partial charge in [-0.3, -0.25) is 0 Å². The second kappa shape index (κ2) is 3.30. The van der Waals surface area contributed by atoms with Crippen molar-refractivity contribution in [1.29, 1.82) is 0 Å². The van der Waals surface area contributed by atoms with Gasteiger partial charge in [0.15, 0.2) is 0 Å². The highest BCUT2D eigenvalue weighted by atomic mass is 32.1. The molecule has 2 heterocycles. The van der Waals surface area contributed by atoms with Crippen molar-refractivity contribution in [3.63, 3.8) is 0 Å². The van der Waals surface area contributed by atoms with Gasteiger partial charge in [-0.25, -0.2) is 0 Å². The van der Waals surface area contributed by atoms with Gasteiger partial charge in [-0.05, 0) is 17.6 Å². The Labute approximate surface area is 70.0 Å². The first-order valence-corrected chi connectivity index (χ1v) is 4.65. The molecule has 0 radical (unpaired) electrons. The molecule has 0 spiro atoms. The minimum atomic E-state index is 0.426. The van der Waals surface area contributed by atoms with Gasteiger partial charge in [-0.15, -0.1) is 0 Å². The lowest BCUT2D eigenvalue weighted by molar-refractivity contribution is 0.425. The summed E-state index contributed by atoms with van der Waals surface area (Å²) in [5, 5.41) is 8.75. The van der Waals surface area contributed by atoms with Crippen LogP contribution in [-0.2, 0) is 0 Å². The molecule has 1 aromatic heterocycles. The second-order valence-corrected chi connectivity index (χ2v) is 3.30. The van der Waals surface area contributed by atoms with Gasteiger partial charge in [0.2, 0.25) is 0 Å². The Hall–Kier alpha value is -0.450. The van der Waals surface area contributed by atoms with Gasteiger partial charge in [0, 0.05) is 25.0 Å². The zero-order valence-electron chi connectivity index (χ0n) is 6.21. The van der Waals surface area contributed by atoms with Crippen LogP contribution >= 0.6 is 11.5 Å². The molecule has 0 saturated carbocycles. The molecule has 1 saturated heterocycles. The highest BCUT2D eigenvalue weighted by Crippen LogP contribution is 2.12. The lowest BCUT2D eigenvalue weighted by Gasteiger charge is -2.22. The molecular weight excluding hydrogens is 158 g/mol. The van der Waals surface area contributed by atoms with Gasteiger partial charge in [0.25, 0.3) is 0 Å². The molecule has 2 rings (SSSR count). The topological polar surface area (TPSA) is 37.0 Å². The first-order chi connectivity index (χ1) is 5.47. The average Bonchev–Trinajstić information content (AvgIpc) is 2.58. The number of hydrogen-bond donors (Lipinski definition) is 2. The first-order valence-electron chi connectivity index (χ1n) is 3.81. The van der Waals surface area contributed by atoms with Crippen LogP contribution in [0.3, 0.4) is 0 Å². The highest BCUT2D eigenvalue weighted by Gasteiger charge is 2.14. The summed E-state index contributed by atoms with van der Waals surface area (Å²) >= 11 is 1.52. The van der Waals surface area contributed by atoms with Crippen molar-refractivity contribution < 1.29 is 0 Å². The molecule has 1 fully saturated rings. The Bertz CT molecular complexity index is 203. The zero-order valence-corrected chi connectivity index (χ0v) is 7.03. The molecule has 4 heteroatoms. The van der Waals surface area contributed by atoms with Crippen LogP contribution in [0.15, 0.2) is 11.4 Å². The third kappa shape index (κ3) is 1.58. The van der Waals surface area contributed by atoms with Crippen molar-refractivity contribution in [1.82, 2.24) is 15.0 Å². The summed E-state index contributed by atoms with van der Waals surface area (Å²) in [6.45, 7) is 3.12. The van der Waals surface area contributed by atoms with Gasteiger partial charge < -0.3 is 10.6 Å². The summed E-state index contributed by atoms with van der Waals surface area (Å²) in [5.74, 6) is 0. The summed E-state index contributed by atoms with van der Waals surface area (Å²) in [6.07, 6.45) is 0. The Morgan fingerprint density at radius 1 is 1.55 bits per heavy atom. The maximum atomic E-state index is 4.28. The van der Waals surface area contributed by atoms with Crippen LogP contribution in [0.4, 0.5) is 0 Å². The molecule has 0 bridgehead atoms. The van der Waals surface area contributed by atoms with E-state index in [1.807, 2.05) is 5.38 Å². The SMILES string of the molecule is c1cc(C2CNCCN2)ns1. The van der Waals surface area contributed by atoms with E-state index in [1.54, 1.807) is 0 Å². The van der Waals surface area contributed by atoms with Crippen LogP contribution in [0.1, 0.15) is 11.7 Å². The van der Waals surface area contributed by atoms with E-state index in [0.29, 0.717) is 6.04 Å². The number of hydrogen-bond acceptors (Lipinski definition) is 4. The van der Waals surface area contributed by atoms with E-state index >= 15 is 0 Å². The summed E-state index contributed by atoms with van der Waals surface area (Å²) in [7, 11) is 0. The smallest absolute Gasteiger partial charge is 0.0724 e. The summed E-state index contributed by atoms with van der Waals surface area (Å²) in [5.41, 5.74) is 1.17. The maximum Gasteiger partial charge on any atom is 0.0724 e. The van der Waals surface area contributed by atoms with Gasteiger partial charge >= 0.3 is 0 Å². The lowest BCUT2D eigenvalue weighted by Crippen LogP contribution is -2.42. The van der Waals surface area contributed by atoms with E-state index in [-0.39, 0.29) is 0 Å². The Morgan fingerprint density at radius 2 is 2.55 bits per heavy atom. The van der Waals surface area contributed by atoms with Gasteiger partial charge in [-0.2, -0.15) is 4.37 Å². The van der Waals surface area contributed by atoms with Crippen molar-refractivity contribution in [2.75, 3.05) is 19.6 Å². The minimum absolute atomic E-state index is 0.426. The van der Waals surface area contributed by atoms with Crippen molar-refractivity contribution in [3.8, 4) is 0 Å². The molecule has 60 valence electrons. The molecule has 0 amide bonds. The van der Waals surface area contributed by atoms with E-state index in [2.05, 4.69) is 21.1 Å². The largest absolute Gasteiger partial charge is 0.314 e. The van der Waals surface area contributed by atoms with E-state index < -0.39 is 0 Å². The monoisotopic (exact) mass is 169 g/mol. The van der Waals surface area contributed by atoms with Gasteiger partial charge in [0.1, 0.15) is 0 Å². The van der Waals surface area contributed by atoms with Crippen molar-refractivity contribution >= 4 is 11.5 Å². The molecule has 0 aliphatic carbocycles. The number of aromatic nitrogens is 1. The molecule has 3 nitrogen and oxygen atoms in total. The van der Waals surface area contributed by atoms with Crippen LogP contribution < -0.4 is 10.6 Å². The van der Waals surface area contributed by atoms with E-state index in [9.17, 15) is 0 Å². The molecule has 1 unspecified atom stereocenters. The number of nitrogens with zero attached hydrogens (tertiary/aromatic N) is 1. The van der Waals surface area contributed by atoms with E-state index in [0.717, 1.165) is 19.6 Å². The summed E-state index contributed by atoms with van der Waals surface area (Å²) in [4.78, 5) is 0. The van der Waals surface area contributed by atoms with E-state index in [4.69, 9.17) is 0 Å². The van der Waals surface area contributed by atoms with Gasteiger partial charge in [-0.1, -0.05) is 0 Å². The predicted octanol–water partition coefficient (Wildman–Crippen LogP) is 0.377. The fourth-order valence-corrected chi connectivity index (χ4v) is 1.84. The molecule has 1 atom stereocenters. The zero-order chi connectivity index (χ0) is 7.52. The quantitative estimate of drug-likeness (QED) is 0.638. The number of rotatable bonds is 1. The Morgan fingerprint density at radius 3 is 3.18 bits per heavy atom. The fraction of sp³-hybridized carbons (Fsp3) is 0.571. The minimum Gasteiger partial charge on any atom is -0.314 e. The van der Waals surface area contributed by atoms with E-state index in [1.165, 1.54) is 17.2 Å². The average molecular weight is 169 g/mol. The third-order valence-corrected chi connectivity index (χ3v) is 2.43. The molecule has 2 N–H and O–H groups in total. The molecular formula is C7H11N3S. The molecule has 1 aromatic rings. The van der Waals surface area contributed by atoms with Crippen LogP contribution in [0.2, 0.25) is 0 Å². The number of piperazine rings is 1. The van der Waals surface area contributed by atoms with Crippen molar-refractivity contribution in [2.24, 2.45) is 0 Å². The van der Waals surface area contributed by atoms with Crippen LogP contribution in [0.25, 0.3) is 0 Å². The standard InChI is InChI=1S/C7H11N3S/c1-4-11-10-6(1)7-5-8-2-3-9-7/h1,4,7-9H,2-3,5H2. The Kier molecular flexibility index (Phi) is 2.16. The summed E-state index contributed by atoms with van der Waals surface area (Å²) < 4.78 is 4.28. The second-order valence-electron chi connectivity index (χ2n) is 2.64. The van der Waals surface area contributed by atoms with Crippen molar-refractivity contribution in [3.05, 3.63) is 17.1 Å². The van der Waals surface area contributed by atoms with Crippen molar-refractivity contribution in [2.45, 2.75) is 6.04 Å². The molecule has 11 heavy (non-hydrogen) atoms. The first kappa shape index (κ1) is 7.21. The number of nitrogens with one attached hydrogen (secondary N) is 2. The fourth-order valence-electron chi connectivity index (χ4n) is 1.26. The molecule has 1 aliphatic rings. The normalized spacial score (nSPS) is 25.3.